The van der Waals surface area contributed by atoms with Crippen LogP contribution in [0.5, 0.6) is 0 Å². The Morgan fingerprint density at radius 2 is 1.53 bits per heavy atom. The Balaban J connectivity index is 4.45. The van der Waals surface area contributed by atoms with Crippen LogP contribution in [0.15, 0.2) is 0 Å². The van der Waals surface area contributed by atoms with Crippen molar-refractivity contribution >= 4 is 0 Å². The summed E-state index contributed by atoms with van der Waals surface area (Å²) in [5, 5.41) is 0. The maximum absolute atomic E-state index is 6.04. The van der Waals surface area contributed by atoms with Crippen molar-refractivity contribution in [3.8, 4) is 0 Å². The summed E-state index contributed by atoms with van der Waals surface area (Å²) in [6.07, 6.45) is 4.75. The highest BCUT2D eigenvalue weighted by Gasteiger charge is 2.30. The standard InChI is InChI=1S/C14H33N3/c1-6-10-17(12-9-11-16(4)5)14(7-2,8-3)13-15/h6-13,15H2,1-5H3. The molecule has 0 bridgehead atoms. The molecule has 104 valence electrons. The van der Waals surface area contributed by atoms with Crippen LogP contribution in [0.2, 0.25) is 0 Å². The zero-order chi connectivity index (χ0) is 13.3. The van der Waals surface area contributed by atoms with Crippen molar-refractivity contribution in [3.63, 3.8) is 0 Å². The molecule has 17 heavy (non-hydrogen) atoms. The molecule has 0 aromatic rings. The summed E-state index contributed by atoms with van der Waals surface area (Å²) < 4.78 is 0. The maximum Gasteiger partial charge on any atom is 0.0326 e. The van der Waals surface area contributed by atoms with Crippen LogP contribution < -0.4 is 5.73 Å². The van der Waals surface area contributed by atoms with Gasteiger partial charge in [-0.05, 0) is 59.4 Å². The van der Waals surface area contributed by atoms with E-state index in [1.807, 2.05) is 0 Å². The number of nitrogens with two attached hydrogens (primary N) is 1. The molecule has 0 aromatic carbocycles. The summed E-state index contributed by atoms with van der Waals surface area (Å²) in [4.78, 5) is 4.88. The van der Waals surface area contributed by atoms with Crippen LogP contribution in [0.1, 0.15) is 46.5 Å². The molecular weight excluding hydrogens is 210 g/mol. The fourth-order valence-corrected chi connectivity index (χ4v) is 2.55. The minimum absolute atomic E-state index is 0.225. The van der Waals surface area contributed by atoms with E-state index < -0.39 is 0 Å². The van der Waals surface area contributed by atoms with Gasteiger partial charge in [-0.15, -0.1) is 0 Å². The second-order valence-corrected chi connectivity index (χ2v) is 5.28. The molecule has 0 radical (unpaired) electrons. The van der Waals surface area contributed by atoms with Crippen molar-refractivity contribution in [2.75, 3.05) is 40.3 Å². The molecule has 0 fully saturated rings. The quantitative estimate of drug-likeness (QED) is 0.638. The summed E-state index contributed by atoms with van der Waals surface area (Å²) in [6, 6.07) is 0. The van der Waals surface area contributed by atoms with Gasteiger partial charge in [0.25, 0.3) is 0 Å². The molecule has 0 aromatic heterocycles. The van der Waals surface area contributed by atoms with E-state index in [1.165, 1.54) is 25.9 Å². The van der Waals surface area contributed by atoms with E-state index in [1.54, 1.807) is 0 Å². The van der Waals surface area contributed by atoms with Crippen LogP contribution >= 0.6 is 0 Å². The van der Waals surface area contributed by atoms with Crippen LogP contribution in [0, 0.1) is 0 Å². The average molecular weight is 243 g/mol. The lowest BCUT2D eigenvalue weighted by atomic mass is 9.90. The van der Waals surface area contributed by atoms with Gasteiger partial charge in [-0.1, -0.05) is 20.8 Å². The van der Waals surface area contributed by atoms with Crippen molar-refractivity contribution in [1.82, 2.24) is 9.80 Å². The molecule has 0 heterocycles. The van der Waals surface area contributed by atoms with Crippen molar-refractivity contribution in [2.24, 2.45) is 5.73 Å². The molecule has 0 aliphatic rings. The van der Waals surface area contributed by atoms with Crippen molar-refractivity contribution in [3.05, 3.63) is 0 Å². The van der Waals surface area contributed by atoms with E-state index in [0.29, 0.717) is 0 Å². The third-order valence-electron chi connectivity index (χ3n) is 3.89. The highest BCUT2D eigenvalue weighted by Crippen LogP contribution is 2.23. The molecule has 3 nitrogen and oxygen atoms in total. The Bertz CT molecular complexity index is 168. The second-order valence-electron chi connectivity index (χ2n) is 5.28. The predicted octanol–water partition coefficient (Wildman–Crippen LogP) is 2.17. The molecule has 0 saturated carbocycles. The van der Waals surface area contributed by atoms with E-state index in [-0.39, 0.29) is 5.54 Å². The molecule has 0 amide bonds. The summed E-state index contributed by atoms with van der Waals surface area (Å²) >= 11 is 0. The van der Waals surface area contributed by atoms with E-state index in [4.69, 9.17) is 5.73 Å². The van der Waals surface area contributed by atoms with Crippen molar-refractivity contribution in [1.29, 1.82) is 0 Å². The van der Waals surface area contributed by atoms with Gasteiger partial charge in [0.05, 0.1) is 0 Å². The lowest BCUT2D eigenvalue weighted by Gasteiger charge is -2.43. The maximum atomic E-state index is 6.04. The van der Waals surface area contributed by atoms with Gasteiger partial charge in [0, 0.05) is 12.1 Å². The van der Waals surface area contributed by atoms with E-state index >= 15 is 0 Å². The van der Waals surface area contributed by atoms with Gasteiger partial charge in [0.2, 0.25) is 0 Å². The van der Waals surface area contributed by atoms with Gasteiger partial charge in [-0.2, -0.15) is 0 Å². The lowest BCUT2D eigenvalue weighted by Crippen LogP contribution is -2.54. The average Bonchev–Trinajstić information content (AvgIpc) is 2.31. The Hall–Kier alpha value is -0.120. The second kappa shape index (κ2) is 8.90. The Morgan fingerprint density at radius 3 is 1.88 bits per heavy atom. The van der Waals surface area contributed by atoms with Gasteiger partial charge in [-0.25, -0.2) is 0 Å². The topological polar surface area (TPSA) is 32.5 Å². The number of nitrogens with zero attached hydrogens (tertiary/aromatic N) is 2. The number of hydrogen-bond donors (Lipinski definition) is 1. The Morgan fingerprint density at radius 1 is 0.941 bits per heavy atom. The van der Waals surface area contributed by atoms with Gasteiger partial charge < -0.3 is 10.6 Å². The monoisotopic (exact) mass is 243 g/mol. The summed E-state index contributed by atoms with van der Waals surface area (Å²) in [5.74, 6) is 0. The smallest absolute Gasteiger partial charge is 0.0326 e. The van der Waals surface area contributed by atoms with Crippen LogP contribution in [0.4, 0.5) is 0 Å². The SMILES string of the molecule is CCCN(CCCN(C)C)C(CC)(CC)CN. The van der Waals surface area contributed by atoms with E-state index in [9.17, 15) is 0 Å². The minimum Gasteiger partial charge on any atom is -0.329 e. The third kappa shape index (κ3) is 5.36. The van der Waals surface area contributed by atoms with E-state index in [0.717, 1.165) is 25.9 Å². The summed E-state index contributed by atoms with van der Waals surface area (Å²) in [7, 11) is 4.28. The molecule has 0 rings (SSSR count). The zero-order valence-corrected chi connectivity index (χ0v) is 12.6. The zero-order valence-electron chi connectivity index (χ0n) is 12.6. The molecule has 0 spiro atoms. The summed E-state index contributed by atoms with van der Waals surface area (Å²) in [5.41, 5.74) is 6.26. The van der Waals surface area contributed by atoms with Gasteiger partial charge >= 0.3 is 0 Å². The Labute approximate surface area is 108 Å². The van der Waals surface area contributed by atoms with Crippen LogP contribution in [0.25, 0.3) is 0 Å². The van der Waals surface area contributed by atoms with E-state index in [2.05, 4.69) is 44.7 Å². The molecule has 0 aliphatic heterocycles. The largest absolute Gasteiger partial charge is 0.329 e. The fraction of sp³-hybridized carbons (Fsp3) is 1.00. The van der Waals surface area contributed by atoms with Gasteiger partial charge in [-0.3, -0.25) is 4.90 Å². The predicted molar refractivity (Wildman–Crippen MR) is 77.4 cm³/mol. The molecule has 2 N–H and O–H groups in total. The molecule has 3 heteroatoms. The third-order valence-corrected chi connectivity index (χ3v) is 3.89. The molecule has 0 atom stereocenters. The number of rotatable bonds is 10. The molecule has 0 unspecified atom stereocenters. The lowest BCUT2D eigenvalue weighted by molar-refractivity contribution is 0.0809. The van der Waals surface area contributed by atoms with Crippen LogP contribution in [-0.2, 0) is 0 Å². The van der Waals surface area contributed by atoms with Gasteiger partial charge in [0.1, 0.15) is 0 Å². The van der Waals surface area contributed by atoms with Crippen LogP contribution in [-0.4, -0.2) is 55.6 Å². The highest BCUT2D eigenvalue weighted by atomic mass is 15.2. The number of hydrogen-bond acceptors (Lipinski definition) is 3. The van der Waals surface area contributed by atoms with Crippen molar-refractivity contribution < 1.29 is 0 Å². The Kier molecular flexibility index (Phi) is 8.83. The molecule has 0 saturated heterocycles. The first-order valence-electron chi connectivity index (χ1n) is 7.16. The first kappa shape index (κ1) is 16.9. The first-order chi connectivity index (χ1) is 8.06. The van der Waals surface area contributed by atoms with Crippen molar-refractivity contribution in [2.45, 2.75) is 52.0 Å². The molecular formula is C14H33N3. The fourth-order valence-electron chi connectivity index (χ4n) is 2.55. The first-order valence-corrected chi connectivity index (χ1v) is 7.16. The normalized spacial score (nSPS) is 12.7. The summed E-state index contributed by atoms with van der Waals surface area (Å²) in [6.45, 7) is 11.1. The minimum atomic E-state index is 0.225. The van der Waals surface area contributed by atoms with Gasteiger partial charge in [0.15, 0.2) is 0 Å². The van der Waals surface area contributed by atoms with Crippen LogP contribution in [0.3, 0.4) is 0 Å². The molecule has 0 aliphatic carbocycles. The highest BCUT2D eigenvalue weighted by molar-refractivity contribution is 4.89.